The zero-order valence-electron chi connectivity index (χ0n) is 16.5. The molecular weight excluding hydrogens is 376 g/mol. The molecule has 2 heterocycles. The molecule has 8 nitrogen and oxygen atoms in total. The molecule has 2 amide bonds. The molecule has 0 radical (unpaired) electrons. The van der Waals surface area contributed by atoms with Gasteiger partial charge in [-0.3, -0.25) is 9.59 Å². The fourth-order valence-corrected chi connectivity index (χ4v) is 3.73. The van der Waals surface area contributed by atoms with Gasteiger partial charge in [-0.25, -0.2) is 0 Å². The van der Waals surface area contributed by atoms with Gasteiger partial charge in [-0.15, -0.1) is 10.2 Å². The van der Waals surface area contributed by atoms with Crippen LogP contribution in [-0.2, 0) is 16.6 Å². The van der Waals surface area contributed by atoms with E-state index in [1.54, 1.807) is 0 Å². The maximum atomic E-state index is 12.4. The Morgan fingerprint density at radius 2 is 1.75 bits per heavy atom. The number of likely N-dealkylation sites (N-methyl/N-ethyl adjacent to an activating group) is 1. The van der Waals surface area contributed by atoms with Crippen molar-refractivity contribution in [1.82, 2.24) is 24.6 Å². The van der Waals surface area contributed by atoms with Gasteiger partial charge in [-0.1, -0.05) is 18.7 Å². The maximum absolute atomic E-state index is 12.4. The summed E-state index contributed by atoms with van der Waals surface area (Å²) in [4.78, 5) is 28.0. The highest BCUT2D eigenvalue weighted by atomic mass is 32.2. The molecule has 1 aliphatic rings. The molecule has 3 rings (SSSR count). The van der Waals surface area contributed by atoms with Crippen LogP contribution in [0.25, 0.3) is 11.4 Å². The summed E-state index contributed by atoms with van der Waals surface area (Å²) in [5, 5.41) is 12.0. The molecule has 28 heavy (non-hydrogen) atoms. The standard InChI is InChI=1S/C19H26N6O2S/c1-4-16(26)20-15-7-5-14(6-8-15)18-21-22-19(24(18)3)28-13-17(27)25-11-9-23(2)10-12-25/h5-8H,4,9-13H2,1-3H3,(H,20,26). The van der Waals surface area contributed by atoms with Crippen LogP contribution in [0.1, 0.15) is 13.3 Å². The van der Waals surface area contributed by atoms with Crippen molar-refractivity contribution in [3.63, 3.8) is 0 Å². The van der Waals surface area contributed by atoms with Gasteiger partial charge in [0.15, 0.2) is 11.0 Å². The molecule has 1 saturated heterocycles. The summed E-state index contributed by atoms with van der Waals surface area (Å²) in [6.45, 7) is 5.21. The second kappa shape index (κ2) is 9.20. The minimum absolute atomic E-state index is 0.0184. The first kappa shape index (κ1) is 20.3. The predicted octanol–water partition coefficient (Wildman–Crippen LogP) is 1.70. The summed E-state index contributed by atoms with van der Waals surface area (Å²) in [6, 6.07) is 7.50. The Morgan fingerprint density at radius 1 is 1.07 bits per heavy atom. The fourth-order valence-electron chi connectivity index (χ4n) is 2.92. The highest BCUT2D eigenvalue weighted by molar-refractivity contribution is 7.99. The molecule has 1 aromatic carbocycles. The summed E-state index contributed by atoms with van der Waals surface area (Å²) < 4.78 is 1.89. The Bertz CT molecular complexity index is 827. The number of thioether (sulfide) groups is 1. The van der Waals surface area contributed by atoms with Crippen molar-refractivity contribution < 1.29 is 9.59 Å². The number of hydrogen-bond acceptors (Lipinski definition) is 6. The quantitative estimate of drug-likeness (QED) is 0.741. The maximum Gasteiger partial charge on any atom is 0.233 e. The molecule has 150 valence electrons. The number of amides is 2. The van der Waals surface area contributed by atoms with E-state index in [-0.39, 0.29) is 11.8 Å². The molecule has 1 aliphatic heterocycles. The summed E-state index contributed by atoms with van der Waals surface area (Å²) >= 11 is 1.41. The van der Waals surface area contributed by atoms with E-state index in [9.17, 15) is 9.59 Å². The number of nitrogens with one attached hydrogen (secondary N) is 1. The van der Waals surface area contributed by atoms with Gasteiger partial charge in [0, 0.05) is 50.9 Å². The number of piperazine rings is 1. The molecule has 0 spiro atoms. The van der Waals surface area contributed by atoms with E-state index in [2.05, 4.69) is 27.5 Å². The highest BCUT2D eigenvalue weighted by Gasteiger charge is 2.20. The molecule has 0 saturated carbocycles. The minimum Gasteiger partial charge on any atom is -0.339 e. The average molecular weight is 403 g/mol. The van der Waals surface area contributed by atoms with Crippen LogP contribution in [0.15, 0.2) is 29.4 Å². The van der Waals surface area contributed by atoms with Crippen LogP contribution in [0.3, 0.4) is 0 Å². The molecule has 0 unspecified atom stereocenters. The van der Waals surface area contributed by atoms with E-state index in [0.717, 1.165) is 43.3 Å². The number of anilines is 1. The second-order valence-corrected chi connectivity index (χ2v) is 7.76. The molecule has 9 heteroatoms. The number of carbonyl (C=O) groups is 2. The van der Waals surface area contributed by atoms with Crippen molar-refractivity contribution in [2.24, 2.45) is 7.05 Å². The SMILES string of the molecule is CCC(=O)Nc1ccc(-c2nnc(SCC(=O)N3CCN(C)CC3)n2C)cc1. The summed E-state index contributed by atoms with van der Waals surface area (Å²) in [5.41, 5.74) is 1.66. The third kappa shape index (κ3) is 4.90. The topological polar surface area (TPSA) is 83.4 Å². The highest BCUT2D eigenvalue weighted by Crippen LogP contribution is 2.24. The van der Waals surface area contributed by atoms with Crippen molar-refractivity contribution in [1.29, 1.82) is 0 Å². The Hall–Kier alpha value is -2.39. The monoisotopic (exact) mass is 402 g/mol. The smallest absolute Gasteiger partial charge is 0.233 e. The third-order valence-electron chi connectivity index (χ3n) is 4.76. The van der Waals surface area contributed by atoms with Crippen LogP contribution in [0.4, 0.5) is 5.69 Å². The number of hydrogen-bond donors (Lipinski definition) is 1. The number of carbonyl (C=O) groups excluding carboxylic acids is 2. The van der Waals surface area contributed by atoms with Crippen LogP contribution in [-0.4, -0.2) is 75.4 Å². The van der Waals surface area contributed by atoms with Crippen LogP contribution in [0.2, 0.25) is 0 Å². The lowest BCUT2D eigenvalue weighted by Gasteiger charge is -2.32. The van der Waals surface area contributed by atoms with E-state index in [1.807, 2.05) is 47.7 Å². The predicted molar refractivity (Wildman–Crippen MR) is 110 cm³/mol. The number of benzene rings is 1. The molecule has 0 bridgehead atoms. The molecule has 1 N–H and O–H groups in total. The van der Waals surface area contributed by atoms with Crippen molar-refractivity contribution in [3.05, 3.63) is 24.3 Å². The first-order chi connectivity index (χ1) is 13.5. The lowest BCUT2D eigenvalue weighted by Crippen LogP contribution is -2.47. The van der Waals surface area contributed by atoms with Gasteiger partial charge < -0.3 is 19.7 Å². The summed E-state index contributed by atoms with van der Waals surface area (Å²) in [5.74, 6) is 1.20. The van der Waals surface area contributed by atoms with Gasteiger partial charge in [0.05, 0.1) is 5.75 Å². The Morgan fingerprint density at radius 3 is 2.39 bits per heavy atom. The average Bonchev–Trinajstić information content (AvgIpc) is 3.07. The zero-order valence-corrected chi connectivity index (χ0v) is 17.3. The van der Waals surface area contributed by atoms with Gasteiger partial charge in [0.25, 0.3) is 0 Å². The van der Waals surface area contributed by atoms with Gasteiger partial charge in [0.2, 0.25) is 11.8 Å². The van der Waals surface area contributed by atoms with Crippen LogP contribution in [0.5, 0.6) is 0 Å². The lowest BCUT2D eigenvalue weighted by molar-refractivity contribution is -0.129. The van der Waals surface area contributed by atoms with Crippen LogP contribution < -0.4 is 5.32 Å². The van der Waals surface area contributed by atoms with E-state index < -0.39 is 0 Å². The van der Waals surface area contributed by atoms with Crippen molar-refractivity contribution in [3.8, 4) is 11.4 Å². The minimum atomic E-state index is -0.0184. The van der Waals surface area contributed by atoms with E-state index >= 15 is 0 Å². The number of nitrogens with zero attached hydrogens (tertiary/aromatic N) is 5. The first-order valence-electron chi connectivity index (χ1n) is 9.36. The number of aromatic nitrogens is 3. The van der Waals surface area contributed by atoms with Crippen LogP contribution in [0, 0.1) is 0 Å². The summed E-state index contributed by atoms with van der Waals surface area (Å²) in [7, 11) is 3.96. The van der Waals surface area contributed by atoms with Gasteiger partial charge in [0.1, 0.15) is 0 Å². The summed E-state index contributed by atoms with van der Waals surface area (Å²) in [6.07, 6.45) is 0.443. The molecule has 1 fully saturated rings. The van der Waals surface area contributed by atoms with E-state index in [1.165, 1.54) is 11.8 Å². The van der Waals surface area contributed by atoms with E-state index in [0.29, 0.717) is 17.3 Å². The fraction of sp³-hybridized carbons (Fsp3) is 0.474. The molecule has 0 atom stereocenters. The number of rotatable bonds is 6. The molecule has 2 aromatic rings. The Kier molecular flexibility index (Phi) is 6.69. The lowest BCUT2D eigenvalue weighted by atomic mass is 10.2. The van der Waals surface area contributed by atoms with Crippen molar-refractivity contribution >= 4 is 29.3 Å². The third-order valence-corrected chi connectivity index (χ3v) is 5.77. The molecule has 0 aliphatic carbocycles. The molecule has 1 aromatic heterocycles. The largest absolute Gasteiger partial charge is 0.339 e. The van der Waals surface area contributed by atoms with E-state index in [4.69, 9.17) is 0 Å². The van der Waals surface area contributed by atoms with Gasteiger partial charge in [-0.2, -0.15) is 0 Å². The van der Waals surface area contributed by atoms with Crippen molar-refractivity contribution in [2.45, 2.75) is 18.5 Å². The zero-order chi connectivity index (χ0) is 20.1. The van der Waals surface area contributed by atoms with Gasteiger partial charge in [-0.05, 0) is 31.3 Å². The van der Waals surface area contributed by atoms with Gasteiger partial charge >= 0.3 is 0 Å². The van der Waals surface area contributed by atoms with Crippen molar-refractivity contribution in [2.75, 3.05) is 44.3 Å². The second-order valence-electron chi connectivity index (χ2n) is 6.82. The van der Waals surface area contributed by atoms with Crippen LogP contribution >= 0.6 is 11.8 Å². The molecular formula is C19H26N6O2S. The normalized spacial score (nSPS) is 14.9. The first-order valence-corrected chi connectivity index (χ1v) is 10.3. The Balaban J connectivity index is 1.60. The Labute approximate surface area is 169 Å².